The normalized spacial score (nSPS) is 18.3. The van der Waals surface area contributed by atoms with Gasteiger partial charge < -0.3 is 15.5 Å². The summed E-state index contributed by atoms with van der Waals surface area (Å²) in [5.41, 5.74) is 3.13. The SMILES string of the molecule is CNCc1cc(C)ccc1N1CCNC(=O)C1(C)C. The van der Waals surface area contributed by atoms with E-state index < -0.39 is 5.54 Å². The van der Waals surface area contributed by atoms with Crippen LogP contribution in [-0.4, -0.2) is 31.6 Å². The second-order valence-corrected chi connectivity index (χ2v) is 5.63. The number of nitrogens with zero attached hydrogens (tertiary/aromatic N) is 1. The van der Waals surface area contributed by atoms with Gasteiger partial charge in [-0.3, -0.25) is 4.79 Å². The van der Waals surface area contributed by atoms with E-state index >= 15 is 0 Å². The molecule has 19 heavy (non-hydrogen) atoms. The summed E-state index contributed by atoms with van der Waals surface area (Å²) in [4.78, 5) is 14.3. The van der Waals surface area contributed by atoms with Crippen molar-refractivity contribution in [1.29, 1.82) is 0 Å². The molecule has 2 N–H and O–H groups in total. The van der Waals surface area contributed by atoms with Crippen molar-refractivity contribution in [2.75, 3.05) is 25.0 Å². The van der Waals surface area contributed by atoms with Gasteiger partial charge in [-0.15, -0.1) is 0 Å². The Kier molecular flexibility index (Phi) is 3.80. The van der Waals surface area contributed by atoms with Gasteiger partial charge in [-0.1, -0.05) is 17.7 Å². The van der Waals surface area contributed by atoms with Crippen molar-refractivity contribution in [2.24, 2.45) is 0 Å². The second kappa shape index (κ2) is 5.21. The highest BCUT2D eigenvalue weighted by Gasteiger charge is 2.38. The Hall–Kier alpha value is -1.55. The molecule has 1 aliphatic heterocycles. The van der Waals surface area contributed by atoms with Gasteiger partial charge >= 0.3 is 0 Å². The molecule has 1 fully saturated rings. The molecule has 1 heterocycles. The number of carbonyl (C=O) groups is 1. The van der Waals surface area contributed by atoms with E-state index in [1.54, 1.807) is 0 Å². The highest BCUT2D eigenvalue weighted by Crippen LogP contribution is 2.30. The number of anilines is 1. The maximum Gasteiger partial charge on any atom is 0.245 e. The summed E-state index contributed by atoms with van der Waals surface area (Å²) in [5.74, 6) is 0.0923. The number of rotatable bonds is 3. The van der Waals surface area contributed by atoms with Crippen molar-refractivity contribution in [2.45, 2.75) is 32.9 Å². The van der Waals surface area contributed by atoms with E-state index in [2.05, 4.69) is 40.7 Å². The number of carbonyl (C=O) groups excluding carboxylic acids is 1. The van der Waals surface area contributed by atoms with Crippen molar-refractivity contribution < 1.29 is 4.79 Å². The van der Waals surface area contributed by atoms with Gasteiger partial charge in [-0.05, 0) is 39.4 Å². The molecule has 1 amide bonds. The molecule has 0 atom stereocenters. The lowest BCUT2D eigenvalue weighted by Gasteiger charge is -2.43. The molecule has 4 nitrogen and oxygen atoms in total. The molecular weight excluding hydrogens is 238 g/mol. The van der Waals surface area contributed by atoms with Gasteiger partial charge in [-0.2, -0.15) is 0 Å². The number of hydrogen-bond acceptors (Lipinski definition) is 3. The van der Waals surface area contributed by atoms with Crippen molar-refractivity contribution in [3.63, 3.8) is 0 Å². The first kappa shape index (κ1) is 13.9. The highest BCUT2D eigenvalue weighted by molar-refractivity contribution is 5.90. The molecule has 1 aromatic rings. The van der Waals surface area contributed by atoms with E-state index in [-0.39, 0.29) is 5.91 Å². The van der Waals surface area contributed by atoms with E-state index in [0.717, 1.165) is 18.8 Å². The second-order valence-electron chi connectivity index (χ2n) is 5.63. The summed E-state index contributed by atoms with van der Waals surface area (Å²) in [6.45, 7) is 8.41. The summed E-state index contributed by atoms with van der Waals surface area (Å²) in [6.07, 6.45) is 0. The van der Waals surface area contributed by atoms with Crippen molar-refractivity contribution in [3.05, 3.63) is 29.3 Å². The van der Waals surface area contributed by atoms with Crippen LogP contribution < -0.4 is 15.5 Å². The molecule has 104 valence electrons. The average Bonchev–Trinajstić information content (AvgIpc) is 2.34. The highest BCUT2D eigenvalue weighted by atomic mass is 16.2. The van der Waals surface area contributed by atoms with E-state index in [9.17, 15) is 4.79 Å². The first-order valence-corrected chi connectivity index (χ1v) is 6.77. The molecular formula is C15H23N3O. The predicted octanol–water partition coefficient (Wildman–Crippen LogP) is 1.43. The third-order valence-electron chi connectivity index (χ3n) is 3.74. The van der Waals surface area contributed by atoms with Crippen LogP contribution in [0.1, 0.15) is 25.0 Å². The van der Waals surface area contributed by atoms with Gasteiger partial charge in [0.25, 0.3) is 0 Å². The van der Waals surface area contributed by atoms with Crippen molar-refractivity contribution >= 4 is 11.6 Å². The number of nitrogens with one attached hydrogen (secondary N) is 2. The molecule has 0 radical (unpaired) electrons. The van der Waals surface area contributed by atoms with Crippen LogP contribution in [0.15, 0.2) is 18.2 Å². The third-order valence-corrected chi connectivity index (χ3v) is 3.74. The molecule has 0 unspecified atom stereocenters. The Balaban J connectivity index is 2.42. The largest absolute Gasteiger partial charge is 0.355 e. The molecule has 0 aliphatic carbocycles. The van der Waals surface area contributed by atoms with Crippen molar-refractivity contribution in [3.8, 4) is 0 Å². The molecule has 2 rings (SSSR count). The zero-order valence-electron chi connectivity index (χ0n) is 12.2. The van der Waals surface area contributed by atoms with Crippen LogP contribution in [0, 0.1) is 6.92 Å². The molecule has 1 aliphatic rings. The Morgan fingerprint density at radius 3 is 2.84 bits per heavy atom. The first-order valence-electron chi connectivity index (χ1n) is 6.77. The zero-order chi connectivity index (χ0) is 14.0. The minimum absolute atomic E-state index is 0.0923. The van der Waals surface area contributed by atoms with Gasteiger partial charge in [0, 0.05) is 25.3 Å². The van der Waals surface area contributed by atoms with E-state index in [1.165, 1.54) is 11.1 Å². The van der Waals surface area contributed by atoms with Crippen LogP contribution in [0.5, 0.6) is 0 Å². The summed E-state index contributed by atoms with van der Waals surface area (Å²) in [7, 11) is 1.94. The van der Waals surface area contributed by atoms with Crippen LogP contribution >= 0.6 is 0 Å². The summed E-state index contributed by atoms with van der Waals surface area (Å²) < 4.78 is 0. The molecule has 1 saturated heterocycles. The van der Waals surface area contributed by atoms with Gasteiger partial charge in [-0.25, -0.2) is 0 Å². The van der Waals surface area contributed by atoms with Gasteiger partial charge in [0.1, 0.15) is 5.54 Å². The lowest BCUT2D eigenvalue weighted by Crippen LogP contribution is -2.62. The number of piperazine rings is 1. The fourth-order valence-corrected chi connectivity index (χ4v) is 2.63. The van der Waals surface area contributed by atoms with Crippen LogP contribution in [-0.2, 0) is 11.3 Å². The number of aryl methyl sites for hydroxylation is 1. The van der Waals surface area contributed by atoms with E-state index in [0.29, 0.717) is 6.54 Å². The molecule has 0 bridgehead atoms. The molecule has 4 heteroatoms. The Morgan fingerprint density at radius 1 is 1.42 bits per heavy atom. The minimum atomic E-state index is -0.504. The summed E-state index contributed by atoms with van der Waals surface area (Å²) in [6, 6.07) is 6.42. The Morgan fingerprint density at radius 2 is 2.16 bits per heavy atom. The quantitative estimate of drug-likeness (QED) is 0.865. The molecule has 0 spiro atoms. The topological polar surface area (TPSA) is 44.4 Å². The van der Waals surface area contributed by atoms with Crippen LogP contribution in [0.3, 0.4) is 0 Å². The summed E-state index contributed by atoms with van der Waals surface area (Å²) >= 11 is 0. The predicted molar refractivity (Wildman–Crippen MR) is 78.4 cm³/mol. The summed E-state index contributed by atoms with van der Waals surface area (Å²) in [5, 5.41) is 6.14. The smallest absolute Gasteiger partial charge is 0.245 e. The van der Waals surface area contributed by atoms with Crippen molar-refractivity contribution in [1.82, 2.24) is 10.6 Å². The molecule has 1 aromatic carbocycles. The minimum Gasteiger partial charge on any atom is -0.355 e. The first-order chi connectivity index (χ1) is 8.96. The Labute approximate surface area is 115 Å². The monoisotopic (exact) mass is 261 g/mol. The standard InChI is InChI=1S/C15H23N3O/c1-11-5-6-13(12(9-11)10-16-4)18-8-7-17-14(19)15(18,2)3/h5-6,9,16H,7-8,10H2,1-4H3,(H,17,19). The number of amides is 1. The Bertz CT molecular complexity index is 482. The molecule has 0 aromatic heterocycles. The van der Waals surface area contributed by atoms with Gasteiger partial charge in [0.15, 0.2) is 0 Å². The zero-order valence-corrected chi connectivity index (χ0v) is 12.2. The van der Waals surface area contributed by atoms with Crippen LogP contribution in [0.4, 0.5) is 5.69 Å². The average molecular weight is 261 g/mol. The lowest BCUT2D eigenvalue weighted by atomic mass is 9.96. The van der Waals surface area contributed by atoms with Crippen LogP contribution in [0.2, 0.25) is 0 Å². The number of hydrogen-bond donors (Lipinski definition) is 2. The maximum absolute atomic E-state index is 12.1. The maximum atomic E-state index is 12.1. The van der Waals surface area contributed by atoms with Gasteiger partial charge in [0.05, 0.1) is 0 Å². The number of benzene rings is 1. The van der Waals surface area contributed by atoms with Gasteiger partial charge in [0.2, 0.25) is 5.91 Å². The third kappa shape index (κ3) is 2.59. The van der Waals surface area contributed by atoms with E-state index in [4.69, 9.17) is 0 Å². The van der Waals surface area contributed by atoms with E-state index in [1.807, 2.05) is 20.9 Å². The molecule has 0 saturated carbocycles. The lowest BCUT2D eigenvalue weighted by molar-refractivity contribution is -0.126. The van der Waals surface area contributed by atoms with Crippen LogP contribution in [0.25, 0.3) is 0 Å². The fourth-order valence-electron chi connectivity index (χ4n) is 2.63. The fraction of sp³-hybridized carbons (Fsp3) is 0.533.